The third kappa shape index (κ3) is 3.43. The Hall–Kier alpha value is -2.24. The maximum atomic E-state index is 6.04. The van der Waals surface area contributed by atoms with Crippen molar-refractivity contribution in [3.05, 3.63) is 87.6 Å². The van der Waals surface area contributed by atoms with Crippen molar-refractivity contribution in [2.75, 3.05) is 5.01 Å². The smallest absolute Gasteiger partial charge is 0.223 e. The van der Waals surface area contributed by atoms with Gasteiger partial charge in [-0.05, 0) is 39.2 Å². The van der Waals surface area contributed by atoms with Gasteiger partial charge >= 0.3 is 0 Å². The molecule has 0 N–H and O–H groups in total. The summed E-state index contributed by atoms with van der Waals surface area (Å²) in [4.78, 5) is 8.83. The lowest BCUT2D eigenvalue weighted by molar-refractivity contribution is 0.686. The van der Waals surface area contributed by atoms with Gasteiger partial charge in [-0.2, -0.15) is 5.10 Å². The maximum absolute atomic E-state index is 6.04. The normalized spacial score (nSPS) is 16.8. The van der Waals surface area contributed by atoms with E-state index in [-0.39, 0.29) is 6.04 Å². The number of halogens is 2. The van der Waals surface area contributed by atoms with Crippen LogP contribution in [0.5, 0.6) is 0 Å². The third-order valence-corrected chi connectivity index (χ3v) is 4.75. The molecule has 0 radical (unpaired) electrons. The fraction of sp³-hybridized carbons (Fsp3) is 0.105. The Morgan fingerprint density at radius 3 is 2.32 bits per heavy atom. The van der Waals surface area contributed by atoms with E-state index in [1.807, 2.05) is 47.5 Å². The van der Waals surface area contributed by atoms with Gasteiger partial charge in [0.05, 0.1) is 16.2 Å². The van der Waals surface area contributed by atoms with E-state index in [1.54, 1.807) is 12.4 Å². The Labute approximate surface area is 159 Å². The molecule has 4 nitrogen and oxygen atoms in total. The first-order valence-corrected chi connectivity index (χ1v) is 9.03. The third-order valence-electron chi connectivity index (χ3n) is 4.08. The van der Waals surface area contributed by atoms with Gasteiger partial charge in [0.1, 0.15) is 0 Å². The number of hydrogen-bond acceptors (Lipinski definition) is 4. The van der Waals surface area contributed by atoms with Crippen molar-refractivity contribution < 1.29 is 0 Å². The van der Waals surface area contributed by atoms with E-state index in [1.165, 1.54) is 0 Å². The van der Waals surface area contributed by atoms with Crippen LogP contribution in [0.1, 0.15) is 23.6 Å². The summed E-state index contributed by atoms with van der Waals surface area (Å²) in [7, 11) is 0. The number of nitrogens with zero attached hydrogens (tertiary/aromatic N) is 4. The van der Waals surface area contributed by atoms with Crippen molar-refractivity contribution in [3.63, 3.8) is 0 Å². The van der Waals surface area contributed by atoms with Gasteiger partial charge < -0.3 is 0 Å². The molecule has 0 fully saturated rings. The van der Waals surface area contributed by atoms with E-state index in [2.05, 4.69) is 38.0 Å². The molecule has 0 spiro atoms. The van der Waals surface area contributed by atoms with Gasteiger partial charge in [0.15, 0.2) is 0 Å². The quantitative estimate of drug-likeness (QED) is 0.589. The minimum Gasteiger partial charge on any atom is -0.223 e. The first kappa shape index (κ1) is 16.2. The summed E-state index contributed by atoms with van der Waals surface area (Å²) in [5.41, 5.74) is 3.26. The van der Waals surface area contributed by atoms with Crippen molar-refractivity contribution in [2.24, 2.45) is 5.10 Å². The molecule has 0 aliphatic carbocycles. The predicted octanol–water partition coefficient (Wildman–Crippen LogP) is 5.25. The van der Waals surface area contributed by atoms with Crippen LogP contribution in [0.2, 0.25) is 5.02 Å². The first-order valence-electron chi connectivity index (χ1n) is 7.86. The van der Waals surface area contributed by atoms with Gasteiger partial charge in [0, 0.05) is 23.8 Å². The Balaban J connectivity index is 1.74. The molecule has 25 heavy (non-hydrogen) atoms. The highest BCUT2D eigenvalue weighted by Gasteiger charge is 2.31. The fourth-order valence-corrected chi connectivity index (χ4v) is 3.20. The summed E-state index contributed by atoms with van der Waals surface area (Å²) in [6, 6.07) is 18.1. The molecule has 2 heterocycles. The molecule has 3 aromatic rings. The van der Waals surface area contributed by atoms with Gasteiger partial charge in [0.25, 0.3) is 0 Å². The highest BCUT2D eigenvalue weighted by atomic mass is 79.9. The summed E-state index contributed by atoms with van der Waals surface area (Å²) in [6.07, 6.45) is 4.25. The second kappa shape index (κ2) is 6.94. The summed E-state index contributed by atoms with van der Waals surface area (Å²) >= 11 is 9.42. The van der Waals surface area contributed by atoms with Crippen molar-refractivity contribution >= 4 is 39.2 Å². The molecule has 0 saturated carbocycles. The molecule has 6 heteroatoms. The molecule has 1 atom stereocenters. The Kier molecular flexibility index (Phi) is 4.51. The van der Waals surface area contributed by atoms with Gasteiger partial charge in [-0.15, -0.1) is 0 Å². The van der Waals surface area contributed by atoms with Crippen LogP contribution in [0.15, 0.2) is 76.6 Å². The minimum atomic E-state index is 0.0358. The second-order valence-electron chi connectivity index (χ2n) is 5.73. The molecular formula is C19H14BrClN4. The largest absolute Gasteiger partial charge is 0.246 e. The van der Waals surface area contributed by atoms with E-state index in [9.17, 15) is 0 Å². The average Bonchev–Trinajstić information content (AvgIpc) is 3.09. The highest BCUT2D eigenvalue weighted by Crippen LogP contribution is 2.35. The predicted molar refractivity (Wildman–Crippen MR) is 104 cm³/mol. The van der Waals surface area contributed by atoms with E-state index in [0.717, 1.165) is 32.8 Å². The molecule has 0 bridgehead atoms. The number of benzene rings is 2. The maximum Gasteiger partial charge on any atom is 0.246 e. The summed E-state index contributed by atoms with van der Waals surface area (Å²) in [5, 5.41) is 7.42. The molecule has 0 saturated heterocycles. The van der Waals surface area contributed by atoms with E-state index in [0.29, 0.717) is 5.95 Å². The molecule has 1 aliphatic rings. The second-order valence-corrected chi connectivity index (χ2v) is 7.08. The topological polar surface area (TPSA) is 41.4 Å². The Morgan fingerprint density at radius 1 is 0.960 bits per heavy atom. The van der Waals surface area contributed by atoms with E-state index in [4.69, 9.17) is 16.7 Å². The lowest BCUT2D eigenvalue weighted by atomic mass is 9.98. The van der Waals surface area contributed by atoms with Crippen molar-refractivity contribution in [1.82, 2.24) is 9.97 Å². The highest BCUT2D eigenvalue weighted by molar-refractivity contribution is 9.10. The fourth-order valence-electron chi connectivity index (χ4n) is 2.87. The SMILES string of the molecule is Clc1ccc(C2CC(c3ccccc3)=NN2c2ncc(Br)cn2)cc1. The molecule has 1 aromatic heterocycles. The number of hydrogen-bond donors (Lipinski definition) is 0. The number of aromatic nitrogens is 2. The first-order chi connectivity index (χ1) is 12.2. The lowest BCUT2D eigenvalue weighted by Crippen LogP contribution is -2.20. The van der Waals surface area contributed by atoms with Crippen molar-refractivity contribution in [2.45, 2.75) is 12.5 Å². The van der Waals surface area contributed by atoms with Crippen LogP contribution < -0.4 is 5.01 Å². The van der Waals surface area contributed by atoms with Crippen LogP contribution in [0.25, 0.3) is 0 Å². The summed E-state index contributed by atoms with van der Waals surface area (Å²) < 4.78 is 0.839. The van der Waals surface area contributed by atoms with Crippen LogP contribution in [0.3, 0.4) is 0 Å². The number of rotatable bonds is 3. The molecule has 1 aliphatic heterocycles. The molecule has 124 valence electrons. The van der Waals surface area contributed by atoms with Gasteiger partial charge in [-0.25, -0.2) is 15.0 Å². The molecule has 0 amide bonds. The van der Waals surface area contributed by atoms with Gasteiger partial charge in [-0.1, -0.05) is 54.1 Å². The average molecular weight is 414 g/mol. The standard InChI is InChI=1S/C19H14BrClN4/c20-15-11-22-19(23-12-15)25-18(14-6-8-16(21)9-7-14)10-17(24-25)13-4-2-1-3-5-13/h1-9,11-12,18H,10H2. The Morgan fingerprint density at radius 2 is 1.64 bits per heavy atom. The molecule has 4 rings (SSSR count). The minimum absolute atomic E-state index is 0.0358. The van der Waals surface area contributed by atoms with Crippen LogP contribution in [0, 0.1) is 0 Å². The number of hydrazone groups is 1. The molecule has 2 aromatic carbocycles. The van der Waals surface area contributed by atoms with Crippen LogP contribution in [-0.4, -0.2) is 15.7 Å². The van der Waals surface area contributed by atoms with Gasteiger partial charge in [0.2, 0.25) is 5.95 Å². The van der Waals surface area contributed by atoms with E-state index >= 15 is 0 Å². The van der Waals surface area contributed by atoms with Crippen molar-refractivity contribution in [1.29, 1.82) is 0 Å². The summed E-state index contributed by atoms with van der Waals surface area (Å²) in [5.74, 6) is 0.578. The Bertz CT molecular complexity index is 895. The zero-order valence-corrected chi connectivity index (χ0v) is 15.5. The lowest BCUT2D eigenvalue weighted by Gasteiger charge is -2.21. The molecular weight excluding hydrogens is 400 g/mol. The van der Waals surface area contributed by atoms with Crippen LogP contribution in [0.4, 0.5) is 5.95 Å². The van der Waals surface area contributed by atoms with E-state index < -0.39 is 0 Å². The zero-order valence-electron chi connectivity index (χ0n) is 13.2. The van der Waals surface area contributed by atoms with Crippen molar-refractivity contribution in [3.8, 4) is 0 Å². The van der Waals surface area contributed by atoms with Gasteiger partial charge in [-0.3, -0.25) is 0 Å². The molecule has 1 unspecified atom stereocenters. The summed E-state index contributed by atoms with van der Waals surface area (Å²) in [6.45, 7) is 0. The zero-order chi connectivity index (χ0) is 17.2. The van der Waals surface area contributed by atoms with Crippen LogP contribution >= 0.6 is 27.5 Å². The number of anilines is 1. The monoisotopic (exact) mass is 412 g/mol. The van der Waals surface area contributed by atoms with Crippen LogP contribution in [-0.2, 0) is 0 Å².